The molecule has 0 radical (unpaired) electrons. The zero-order valence-corrected chi connectivity index (χ0v) is 18.1. The van der Waals surface area contributed by atoms with Gasteiger partial charge in [-0.3, -0.25) is 19.3 Å². The van der Waals surface area contributed by atoms with Crippen molar-refractivity contribution in [3.63, 3.8) is 0 Å². The van der Waals surface area contributed by atoms with Crippen molar-refractivity contribution in [3.05, 3.63) is 59.8 Å². The molecule has 0 atom stereocenters. The van der Waals surface area contributed by atoms with Crippen LogP contribution in [0.25, 0.3) is 5.57 Å². The monoisotopic (exact) mass is 461 g/mol. The van der Waals surface area contributed by atoms with Crippen molar-refractivity contribution in [1.29, 1.82) is 0 Å². The van der Waals surface area contributed by atoms with Gasteiger partial charge in [0.1, 0.15) is 11.4 Å². The van der Waals surface area contributed by atoms with E-state index in [-0.39, 0.29) is 35.3 Å². The van der Waals surface area contributed by atoms with E-state index in [0.717, 1.165) is 17.0 Å². The lowest BCUT2D eigenvalue weighted by Crippen LogP contribution is -2.35. The van der Waals surface area contributed by atoms with Gasteiger partial charge in [-0.15, -0.1) is 13.2 Å². The lowest BCUT2D eigenvalue weighted by Gasteiger charge is -2.17. The van der Waals surface area contributed by atoms with Crippen LogP contribution < -0.4 is 15.4 Å². The number of imide groups is 1. The number of hydrogen-bond acceptors (Lipinski definition) is 5. The highest BCUT2D eigenvalue weighted by Crippen LogP contribution is 2.33. The number of alkyl halides is 3. The van der Waals surface area contributed by atoms with Crippen LogP contribution in [0.15, 0.2) is 54.2 Å². The normalized spacial score (nSPS) is 14.2. The van der Waals surface area contributed by atoms with Crippen LogP contribution in [-0.4, -0.2) is 35.5 Å². The fourth-order valence-electron chi connectivity index (χ4n) is 3.33. The zero-order valence-electron chi connectivity index (χ0n) is 18.1. The van der Waals surface area contributed by atoms with Gasteiger partial charge in [0.05, 0.1) is 5.57 Å². The molecular weight excluding hydrogens is 439 g/mol. The summed E-state index contributed by atoms with van der Waals surface area (Å²) < 4.78 is 41.7. The van der Waals surface area contributed by atoms with Crippen LogP contribution in [0.3, 0.4) is 0 Å². The van der Waals surface area contributed by atoms with Gasteiger partial charge in [0.25, 0.3) is 11.8 Å². The molecule has 0 aromatic heterocycles. The molecule has 2 aromatic rings. The highest BCUT2D eigenvalue weighted by molar-refractivity contribution is 6.36. The van der Waals surface area contributed by atoms with E-state index in [1.807, 2.05) is 13.8 Å². The fraction of sp³-hybridized carbons (Fsp3) is 0.261. The van der Waals surface area contributed by atoms with Gasteiger partial charge in [0, 0.05) is 30.9 Å². The predicted octanol–water partition coefficient (Wildman–Crippen LogP) is 4.39. The third-order valence-corrected chi connectivity index (χ3v) is 4.55. The highest BCUT2D eigenvalue weighted by atomic mass is 19.4. The van der Waals surface area contributed by atoms with Gasteiger partial charge in [0.2, 0.25) is 5.91 Å². The maximum Gasteiger partial charge on any atom is 0.573 e. The molecule has 0 saturated carbocycles. The van der Waals surface area contributed by atoms with E-state index in [1.165, 1.54) is 19.1 Å². The van der Waals surface area contributed by atoms with Crippen LogP contribution in [0.1, 0.15) is 26.3 Å². The van der Waals surface area contributed by atoms with Crippen LogP contribution in [0.2, 0.25) is 0 Å². The van der Waals surface area contributed by atoms with Crippen molar-refractivity contribution < 1.29 is 32.3 Å². The first kappa shape index (κ1) is 23.8. The molecule has 7 nitrogen and oxygen atoms in total. The predicted molar refractivity (Wildman–Crippen MR) is 116 cm³/mol. The van der Waals surface area contributed by atoms with Crippen LogP contribution >= 0.6 is 0 Å². The Morgan fingerprint density at radius 3 is 2.27 bits per heavy atom. The van der Waals surface area contributed by atoms with Crippen LogP contribution in [-0.2, 0) is 14.4 Å². The Kier molecular flexibility index (Phi) is 6.75. The summed E-state index contributed by atoms with van der Waals surface area (Å²) in [6.07, 6.45) is -4.87. The molecule has 2 N–H and O–H groups in total. The number of hydrogen-bond donors (Lipinski definition) is 2. The molecule has 0 spiro atoms. The number of rotatable bonds is 7. The summed E-state index contributed by atoms with van der Waals surface area (Å²) in [4.78, 5) is 38.6. The van der Waals surface area contributed by atoms with Crippen LogP contribution in [0.5, 0.6) is 5.75 Å². The van der Waals surface area contributed by atoms with Crippen molar-refractivity contribution in [3.8, 4) is 5.75 Å². The zero-order chi connectivity index (χ0) is 24.3. The Labute approximate surface area is 188 Å². The summed E-state index contributed by atoms with van der Waals surface area (Å²) >= 11 is 0. The Morgan fingerprint density at radius 1 is 1.03 bits per heavy atom. The smallest absolute Gasteiger partial charge is 0.406 e. The molecule has 174 valence electrons. The Balaban J connectivity index is 2.00. The second kappa shape index (κ2) is 9.35. The molecule has 0 saturated heterocycles. The van der Waals surface area contributed by atoms with Gasteiger partial charge in [-0.05, 0) is 35.7 Å². The van der Waals surface area contributed by atoms with Crippen LogP contribution in [0.4, 0.5) is 24.5 Å². The first-order valence-corrected chi connectivity index (χ1v) is 10.1. The summed E-state index contributed by atoms with van der Waals surface area (Å²) in [7, 11) is 0. The highest BCUT2D eigenvalue weighted by Gasteiger charge is 2.39. The van der Waals surface area contributed by atoms with Gasteiger partial charge in [0.15, 0.2) is 0 Å². The van der Waals surface area contributed by atoms with E-state index in [9.17, 15) is 27.6 Å². The molecular formula is C23H22F3N3O4. The van der Waals surface area contributed by atoms with E-state index < -0.39 is 23.9 Å². The minimum absolute atomic E-state index is 0.00385. The lowest BCUT2D eigenvalue weighted by atomic mass is 10.0. The average molecular weight is 461 g/mol. The van der Waals surface area contributed by atoms with Crippen molar-refractivity contribution in [2.45, 2.75) is 27.1 Å². The number of amides is 3. The van der Waals surface area contributed by atoms with Crippen molar-refractivity contribution >= 4 is 34.7 Å². The molecule has 0 aliphatic carbocycles. The minimum Gasteiger partial charge on any atom is -0.406 e. The van der Waals surface area contributed by atoms with E-state index in [1.54, 1.807) is 24.3 Å². The van der Waals surface area contributed by atoms with E-state index in [0.29, 0.717) is 11.3 Å². The van der Waals surface area contributed by atoms with Gasteiger partial charge >= 0.3 is 6.36 Å². The van der Waals surface area contributed by atoms with Crippen molar-refractivity contribution in [1.82, 2.24) is 4.90 Å². The van der Waals surface area contributed by atoms with Crippen molar-refractivity contribution in [2.75, 3.05) is 17.2 Å². The molecule has 10 heteroatoms. The maximum atomic E-state index is 13.1. The van der Waals surface area contributed by atoms with Gasteiger partial charge < -0.3 is 15.4 Å². The summed E-state index contributed by atoms with van der Waals surface area (Å²) in [6.45, 7) is 5.24. The van der Waals surface area contributed by atoms with E-state index in [2.05, 4.69) is 15.4 Å². The molecule has 1 aliphatic heterocycles. The second-order valence-corrected chi connectivity index (χ2v) is 7.82. The number of anilines is 2. The summed E-state index contributed by atoms with van der Waals surface area (Å²) in [5.41, 5.74) is 1.09. The second-order valence-electron chi connectivity index (χ2n) is 7.82. The maximum absolute atomic E-state index is 13.1. The van der Waals surface area contributed by atoms with Crippen LogP contribution in [0, 0.1) is 5.92 Å². The van der Waals surface area contributed by atoms with E-state index in [4.69, 9.17) is 0 Å². The molecule has 3 rings (SSSR count). The fourth-order valence-corrected chi connectivity index (χ4v) is 3.33. The first-order valence-electron chi connectivity index (χ1n) is 10.1. The molecule has 1 aliphatic rings. The Bertz CT molecular complexity index is 1110. The van der Waals surface area contributed by atoms with E-state index >= 15 is 0 Å². The van der Waals surface area contributed by atoms with Gasteiger partial charge in [-0.1, -0.05) is 32.0 Å². The summed E-state index contributed by atoms with van der Waals surface area (Å²) in [5, 5.41) is 5.41. The number of benzene rings is 2. The third kappa shape index (κ3) is 5.91. The SMILES string of the molecule is CC(=O)Nc1ccc(C2=C(Nc3cccc(OC(F)(F)F)c3)C(=O)N(CC(C)C)C2=O)cc1. The molecule has 3 amide bonds. The summed E-state index contributed by atoms with van der Waals surface area (Å²) in [5.74, 6) is -1.84. The van der Waals surface area contributed by atoms with Gasteiger partial charge in [-0.2, -0.15) is 0 Å². The Morgan fingerprint density at radius 2 is 1.70 bits per heavy atom. The topological polar surface area (TPSA) is 87.7 Å². The lowest BCUT2D eigenvalue weighted by molar-refractivity contribution is -0.274. The molecule has 33 heavy (non-hydrogen) atoms. The molecule has 2 aromatic carbocycles. The molecule has 0 fully saturated rings. The third-order valence-electron chi connectivity index (χ3n) is 4.55. The molecule has 1 heterocycles. The van der Waals surface area contributed by atoms with Gasteiger partial charge in [-0.25, -0.2) is 0 Å². The number of nitrogens with zero attached hydrogens (tertiary/aromatic N) is 1. The Hall–Kier alpha value is -3.82. The number of nitrogens with one attached hydrogen (secondary N) is 2. The number of halogens is 3. The first-order chi connectivity index (χ1) is 15.4. The molecule has 0 unspecified atom stereocenters. The molecule has 0 bridgehead atoms. The standard InChI is InChI=1S/C23H22F3N3O4/c1-13(2)12-29-21(31)19(15-7-9-16(10-8-15)27-14(3)30)20(22(29)32)28-17-5-4-6-18(11-17)33-23(24,25)26/h4-11,13,28H,12H2,1-3H3,(H,27,30). The number of carbonyl (C=O) groups excluding carboxylic acids is 3. The van der Waals surface area contributed by atoms with Crippen molar-refractivity contribution in [2.24, 2.45) is 5.92 Å². The minimum atomic E-state index is -4.87. The number of ether oxygens (including phenoxy) is 1. The summed E-state index contributed by atoms with van der Waals surface area (Å²) in [6, 6.07) is 11.3. The quantitative estimate of drug-likeness (QED) is 0.597. The average Bonchev–Trinajstić information content (AvgIpc) is 2.91. The number of carbonyl (C=O) groups is 3. The largest absolute Gasteiger partial charge is 0.573 e.